The monoisotopic (exact) mass is 315 g/mol. The van der Waals surface area contributed by atoms with Crippen LogP contribution in [0.5, 0.6) is 11.5 Å². The summed E-state index contributed by atoms with van der Waals surface area (Å²) < 4.78 is 11.0. The van der Waals surface area contributed by atoms with Crippen LogP contribution in [-0.4, -0.2) is 30.2 Å². The summed E-state index contributed by atoms with van der Waals surface area (Å²) in [5.74, 6) is -0.391. The number of carbonyl (C=O) groups is 2. The first-order chi connectivity index (χ1) is 8.54. The Morgan fingerprint density at radius 3 is 2.83 bits per heavy atom. The van der Waals surface area contributed by atoms with Gasteiger partial charge in [0.1, 0.15) is 6.04 Å². The zero-order valence-electron chi connectivity index (χ0n) is 9.18. The summed E-state index contributed by atoms with van der Waals surface area (Å²) in [6.45, 7) is 0.00192. The predicted octanol–water partition coefficient (Wildman–Crippen LogP) is 0.945. The zero-order valence-corrected chi connectivity index (χ0v) is 10.8. The van der Waals surface area contributed by atoms with Crippen molar-refractivity contribution in [3.8, 4) is 11.5 Å². The normalized spacial score (nSPS) is 14.3. The molecule has 3 N–H and O–H groups in total. The van der Waals surface area contributed by atoms with Crippen molar-refractivity contribution < 1.29 is 24.2 Å². The van der Waals surface area contributed by atoms with Gasteiger partial charge in [-0.2, -0.15) is 0 Å². The van der Waals surface area contributed by atoms with E-state index in [-0.39, 0.29) is 13.2 Å². The molecule has 96 valence electrons. The lowest BCUT2D eigenvalue weighted by Gasteiger charge is -2.12. The van der Waals surface area contributed by atoms with Gasteiger partial charge < -0.3 is 20.3 Å². The van der Waals surface area contributed by atoms with E-state index in [1.54, 1.807) is 6.07 Å². The van der Waals surface area contributed by atoms with Gasteiger partial charge >= 0.3 is 5.97 Å². The molecule has 1 atom stereocenters. The summed E-state index contributed by atoms with van der Waals surface area (Å²) in [5, 5.41) is 8.81. The highest BCUT2D eigenvalue weighted by Crippen LogP contribution is 2.42. The quantitative estimate of drug-likeness (QED) is 0.802. The van der Waals surface area contributed by atoms with E-state index in [0.29, 0.717) is 33.4 Å². The number of hydrogen-bond donors (Lipinski definition) is 2. The molecule has 0 saturated heterocycles. The molecule has 1 heterocycles. The number of carboxylic acid groups (broad SMARTS) is 1. The Morgan fingerprint density at radius 1 is 1.56 bits per heavy atom. The molecule has 0 bridgehead atoms. The van der Waals surface area contributed by atoms with E-state index in [0.717, 1.165) is 0 Å². The third kappa shape index (κ3) is 2.19. The fourth-order valence-corrected chi connectivity index (χ4v) is 2.29. The number of nitrogens with two attached hydrogens (primary N) is 1. The Bertz CT molecular complexity index is 517. The molecule has 1 aromatic carbocycles. The van der Waals surface area contributed by atoms with E-state index in [4.69, 9.17) is 20.3 Å². The van der Waals surface area contributed by atoms with Crippen molar-refractivity contribution in [3.63, 3.8) is 0 Å². The topological polar surface area (TPSA) is 98.9 Å². The van der Waals surface area contributed by atoms with Gasteiger partial charge in [-0.15, -0.1) is 0 Å². The van der Waals surface area contributed by atoms with Gasteiger partial charge in [0.15, 0.2) is 17.8 Å². The molecule has 1 aromatic rings. The van der Waals surface area contributed by atoms with E-state index in [1.165, 1.54) is 0 Å². The number of rotatable bonds is 4. The Balaban J connectivity index is 2.45. The van der Waals surface area contributed by atoms with Crippen LogP contribution in [0.1, 0.15) is 15.9 Å². The molecule has 0 amide bonds. The highest BCUT2D eigenvalue weighted by molar-refractivity contribution is 9.10. The first-order valence-electron chi connectivity index (χ1n) is 5.09. The average Bonchev–Trinajstić information content (AvgIpc) is 2.80. The molecule has 0 spiro atoms. The highest BCUT2D eigenvalue weighted by Gasteiger charge is 2.26. The minimum atomic E-state index is -1.10. The molecule has 0 radical (unpaired) electrons. The average molecular weight is 316 g/mol. The molecule has 2 rings (SSSR count). The minimum absolute atomic E-state index is 0.00192. The van der Waals surface area contributed by atoms with Gasteiger partial charge in [-0.25, -0.2) is 0 Å². The minimum Gasteiger partial charge on any atom is -0.480 e. The molecule has 18 heavy (non-hydrogen) atoms. The third-order valence-electron chi connectivity index (χ3n) is 2.59. The molecule has 1 unspecified atom stereocenters. The first-order valence-corrected chi connectivity index (χ1v) is 5.88. The number of aldehydes is 1. The number of benzene rings is 1. The molecule has 0 aliphatic carbocycles. The molecule has 7 heteroatoms. The second kappa shape index (κ2) is 4.95. The smallest absolute Gasteiger partial charge is 0.320 e. The van der Waals surface area contributed by atoms with Crippen molar-refractivity contribution in [2.24, 2.45) is 5.73 Å². The molecule has 0 saturated carbocycles. The van der Waals surface area contributed by atoms with Crippen LogP contribution >= 0.6 is 15.9 Å². The Hall–Kier alpha value is -1.60. The van der Waals surface area contributed by atoms with Crippen LogP contribution in [0.2, 0.25) is 0 Å². The van der Waals surface area contributed by atoms with Gasteiger partial charge in [0.05, 0.1) is 5.56 Å². The van der Waals surface area contributed by atoms with E-state index in [1.807, 2.05) is 0 Å². The molecule has 1 aliphatic heterocycles. The fraction of sp³-hybridized carbons (Fsp3) is 0.273. The fourth-order valence-electron chi connectivity index (χ4n) is 1.70. The van der Waals surface area contributed by atoms with Crippen molar-refractivity contribution >= 4 is 28.2 Å². The second-order valence-corrected chi connectivity index (χ2v) is 4.61. The van der Waals surface area contributed by atoms with Crippen molar-refractivity contribution in [1.82, 2.24) is 0 Å². The third-order valence-corrected chi connectivity index (χ3v) is 3.30. The van der Waals surface area contributed by atoms with Gasteiger partial charge in [0, 0.05) is 16.5 Å². The van der Waals surface area contributed by atoms with E-state index >= 15 is 0 Å². The standard InChI is InChI=1S/C11H10BrNO5/c12-7-1-5(3-14)9-10(18-4-17-9)6(7)2-8(13)11(15)16/h1,3,8H,2,4,13H2,(H,15,16). The van der Waals surface area contributed by atoms with Gasteiger partial charge in [0.25, 0.3) is 0 Å². The largest absolute Gasteiger partial charge is 0.480 e. The number of ether oxygens (including phenoxy) is 2. The summed E-state index contributed by atoms with van der Waals surface area (Å²) >= 11 is 3.28. The van der Waals surface area contributed by atoms with Gasteiger partial charge in [0.2, 0.25) is 6.79 Å². The van der Waals surface area contributed by atoms with Crippen LogP contribution in [0.4, 0.5) is 0 Å². The summed E-state index contributed by atoms with van der Waals surface area (Å²) in [6, 6.07) is 0.515. The number of carbonyl (C=O) groups excluding carboxylic acids is 1. The molecule has 0 aromatic heterocycles. The van der Waals surface area contributed by atoms with Gasteiger partial charge in [-0.05, 0) is 6.07 Å². The van der Waals surface area contributed by atoms with Crippen molar-refractivity contribution in [2.75, 3.05) is 6.79 Å². The lowest BCUT2D eigenvalue weighted by atomic mass is 10.0. The maximum atomic E-state index is 10.9. The van der Waals surface area contributed by atoms with Crippen LogP contribution in [0, 0.1) is 0 Å². The Labute approximate surface area is 111 Å². The number of hydrogen-bond acceptors (Lipinski definition) is 5. The summed E-state index contributed by atoms with van der Waals surface area (Å²) in [7, 11) is 0. The second-order valence-electron chi connectivity index (χ2n) is 3.76. The number of carboxylic acids is 1. The van der Waals surface area contributed by atoms with Gasteiger partial charge in [-0.3, -0.25) is 9.59 Å². The van der Waals surface area contributed by atoms with E-state index < -0.39 is 12.0 Å². The van der Waals surface area contributed by atoms with Gasteiger partial charge in [-0.1, -0.05) is 15.9 Å². The predicted molar refractivity (Wildman–Crippen MR) is 65.0 cm³/mol. The molecular weight excluding hydrogens is 306 g/mol. The van der Waals surface area contributed by atoms with Crippen molar-refractivity contribution in [2.45, 2.75) is 12.5 Å². The van der Waals surface area contributed by atoms with Crippen LogP contribution in [-0.2, 0) is 11.2 Å². The summed E-state index contributed by atoms with van der Waals surface area (Å²) in [5.41, 5.74) is 6.43. The maximum absolute atomic E-state index is 10.9. The Kier molecular flexibility index (Phi) is 3.53. The van der Waals surface area contributed by atoms with Crippen molar-refractivity contribution in [1.29, 1.82) is 0 Å². The summed E-state index contributed by atoms with van der Waals surface area (Å²) in [4.78, 5) is 21.7. The maximum Gasteiger partial charge on any atom is 0.320 e. The lowest BCUT2D eigenvalue weighted by molar-refractivity contribution is -0.138. The van der Waals surface area contributed by atoms with E-state index in [2.05, 4.69) is 15.9 Å². The zero-order chi connectivity index (χ0) is 13.3. The lowest BCUT2D eigenvalue weighted by Crippen LogP contribution is -2.32. The molecule has 0 fully saturated rings. The van der Waals surface area contributed by atoms with Crippen molar-refractivity contribution in [3.05, 3.63) is 21.7 Å². The van der Waals surface area contributed by atoms with Crippen LogP contribution in [0.15, 0.2) is 10.5 Å². The number of fused-ring (bicyclic) bond motifs is 1. The number of aliphatic carboxylic acids is 1. The highest BCUT2D eigenvalue weighted by atomic mass is 79.9. The summed E-state index contributed by atoms with van der Waals surface area (Å²) in [6.07, 6.45) is 0.736. The van der Waals surface area contributed by atoms with Crippen LogP contribution < -0.4 is 15.2 Å². The molecular formula is C11H10BrNO5. The van der Waals surface area contributed by atoms with E-state index in [9.17, 15) is 9.59 Å². The number of halogens is 1. The SMILES string of the molecule is NC(Cc1c(Br)cc(C=O)c2c1OCO2)C(=O)O. The Morgan fingerprint density at radius 2 is 2.22 bits per heavy atom. The first kappa shape index (κ1) is 12.8. The van der Waals surface area contributed by atoms with Crippen LogP contribution in [0.25, 0.3) is 0 Å². The molecule has 1 aliphatic rings. The van der Waals surface area contributed by atoms with Crippen LogP contribution in [0.3, 0.4) is 0 Å². The molecule has 6 nitrogen and oxygen atoms in total.